The highest BCUT2D eigenvalue weighted by Gasteiger charge is 2.48. The van der Waals surface area contributed by atoms with Crippen molar-refractivity contribution in [3.63, 3.8) is 0 Å². The second-order valence-corrected chi connectivity index (χ2v) is 12.7. The number of hydrogen-bond donors (Lipinski definition) is 0. The Kier molecular flexibility index (Phi) is 19.4. The molecule has 0 saturated carbocycles. The third kappa shape index (κ3) is 18.9. The van der Waals surface area contributed by atoms with Crippen molar-refractivity contribution in [1.82, 2.24) is 0 Å². The average Bonchev–Trinajstić information content (AvgIpc) is 2.89. The zero-order valence-electron chi connectivity index (χ0n) is 27.8. The number of carbonyl (C=O) groups excluding carboxylic acids is 4. The molecule has 250 valence electrons. The van der Waals surface area contributed by atoms with Gasteiger partial charge in [0.15, 0.2) is 12.4 Å². The monoisotopic (exact) mass is 614 g/mol. The summed E-state index contributed by atoms with van der Waals surface area (Å²) in [5.74, 6) is -2.03. The maximum absolute atomic E-state index is 11.8. The fourth-order valence-corrected chi connectivity index (χ4v) is 5.17. The van der Waals surface area contributed by atoms with Gasteiger partial charge in [-0.1, -0.05) is 77.6 Å². The van der Waals surface area contributed by atoms with Crippen LogP contribution in [0.4, 0.5) is 0 Å². The smallest absolute Gasteiger partial charge is 0.306 e. The van der Waals surface area contributed by atoms with E-state index in [1.54, 1.807) is 0 Å². The van der Waals surface area contributed by atoms with E-state index in [2.05, 4.69) is 0 Å². The van der Waals surface area contributed by atoms with Crippen molar-refractivity contribution < 1.29 is 47.6 Å². The molecule has 0 spiro atoms. The molecule has 0 bridgehead atoms. The van der Waals surface area contributed by atoms with Crippen LogP contribution in [0.1, 0.15) is 138 Å². The van der Waals surface area contributed by atoms with Crippen LogP contribution in [0, 0.1) is 5.92 Å². The second-order valence-electron chi connectivity index (χ2n) is 12.7. The summed E-state index contributed by atoms with van der Waals surface area (Å²) in [6, 6.07) is 0. The van der Waals surface area contributed by atoms with Crippen LogP contribution in [0.3, 0.4) is 0 Å². The van der Waals surface area contributed by atoms with Gasteiger partial charge in [0.05, 0.1) is 0 Å². The van der Waals surface area contributed by atoms with Crippen molar-refractivity contribution in [2.75, 3.05) is 13.2 Å². The Labute approximate surface area is 259 Å². The Hall–Kier alpha value is -2.20. The first-order valence-corrected chi connectivity index (χ1v) is 16.3. The van der Waals surface area contributed by atoms with Gasteiger partial charge >= 0.3 is 23.9 Å². The molecule has 0 aromatic carbocycles. The number of ether oxygens (including phenoxy) is 6. The van der Waals surface area contributed by atoms with Crippen LogP contribution in [-0.4, -0.2) is 67.3 Å². The molecule has 1 rings (SSSR count). The molecular weight excluding hydrogens is 556 g/mol. The highest BCUT2D eigenvalue weighted by molar-refractivity contribution is 5.69. The number of carbonyl (C=O) groups is 4. The predicted molar refractivity (Wildman–Crippen MR) is 162 cm³/mol. The lowest BCUT2D eigenvalue weighted by Crippen LogP contribution is -2.58. The molecule has 1 aliphatic heterocycles. The van der Waals surface area contributed by atoms with Crippen LogP contribution in [0.2, 0.25) is 0 Å². The molecule has 10 heteroatoms. The van der Waals surface area contributed by atoms with E-state index in [0.29, 0.717) is 13.0 Å². The highest BCUT2D eigenvalue weighted by Crippen LogP contribution is 2.32. The zero-order valence-corrected chi connectivity index (χ0v) is 27.8. The minimum atomic E-state index is -0.911. The van der Waals surface area contributed by atoms with Crippen LogP contribution < -0.4 is 0 Å². The van der Waals surface area contributed by atoms with Gasteiger partial charge in [-0.05, 0) is 33.6 Å². The van der Waals surface area contributed by atoms with Gasteiger partial charge in [0.25, 0.3) is 0 Å². The molecule has 1 saturated heterocycles. The van der Waals surface area contributed by atoms with E-state index in [1.807, 2.05) is 27.7 Å². The molecule has 0 aliphatic carbocycles. The van der Waals surface area contributed by atoms with Crippen molar-refractivity contribution >= 4 is 23.9 Å². The number of hydrogen-bond acceptors (Lipinski definition) is 10. The van der Waals surface area contributed by atoms with Crippen molar-refractivity contribution in [2.45, 2.75) is 169 Å². The Morgan fingerprint density at radius 3 is 1.58 bits per heavy atom. The summed E-state index contributed by atoms with van der Waals surface area (Å²) >= 11 is 0. The molecule has 1 aliphatic rings. The van der Waals surface area contributed by atoms with Gasteiger partial charge in [0.1, 0.15) is 24.4 Å². The van der Waals surface area contributed by atoms with E-state index >= 15 is 0 Å². The van der Waals surface area contributed by atoms with E-state index in [9.17, 15) is 19.2 Å². The lowest BCUT2D eigenvalue weighted by molar-refractivity contribution is -0.288. The lowest BCUT2D eigenvalue weighted by atomic mass is 9.92. The summed E-state index contributed by atoms with van der Waals surface area (Å²) in [7, 11) is 0. The molecule has 0 radical (unpaired) electrons. The molecule has 0 N–H and O–H groups in total. The Morgan fingerprint density at radius 2 is 1.12 bits per heavy atom. The van der Waals surface area contributed by atoms with Crippen LogP contribution in [0.5, 0.6) is 0 Å². The molecular formula is C33H58O10. The third-order valence-electron chi connectivity index (χ3n) is 7.23. The summed E-state index contributed by atoms with van der Waals surface area (Å²) in [5.41, 5.74) is -0.396. The van der Waals surface area contributed by atoms with Crippen LogP contribution in [0.15, 0.2) is 0 Å². The molecule has 10 nitrogen and oxygen atoms in total. The molecule has 1 fully saturated rings. The van der Waals surface area contributed by atoms with Gasteiger partial charge in [-0.3, -0.25) is 19.2 Å². The SMILES string of the molecule is CC(=O)OC[C@H]1O[C@@H](OCCCCCCCCCCCCCCCC(=O)OC(C)(C)C)[C@H](C)[C@@H](OC(C)=O)[C@@H]1OC(C)=O. The van der Waals surface area contributed by atoms with E-state index in [-0.39, 0.29) is 18.5 Å². The summed E-state index contributed by atoms with van der Waals surface area (Å²) < 4.78 is 33.4. The van der Waals surface area contributed by atoms with E-state index in [0.717, 1.165) is 32.1 Å². The number of esters is 4. The maximum atomic E-state index is 11.8. The van der Waals surface area contributed by atoms with Gasteiger partial charge in [0.2, 0.25) is 0 Å². The molecule has 0 aromatic rings. The lowest BCUT2D eigenvalue weighted by Gasteiger charge is -2.43. The van der Waals surface area contributed by atoms with Crippen molar-refractivity contribution in [2.24, 2.45) is 5.92 Å². The molecule has 0 amide bonds. The third-order valence-corrected chi connectivity index (χ3v) is 7.23. The summed E-state index contributed by atoms with van der Waals surface area (Å²) in [6.45, 7) is 11.7. The first kappa shape index (κ1) is 38.8. The highest BCUT2D eigenvalue weighted by atomic mass is 16.7. The standard InChI is InChI=1S/C33H58O10/c1-24-30(40-26(3)35)31(41-27(4)36)28(23-39-25(2)34)42-32(24)38-22-20-18-16-14-12-10-8-9-11-13-15-17-19-21-29(37)43-33(5,6)7/h24,28,30-32H,8-23H2,1-7H3/t24-,28-,30-,31-,32-/m1/s1. The Balaban J connectivity index is 2.19. The number of rotatable bonds is 21. The first-order chi connectivity index (χ1) is 20.3. The average molecular weight is 615 g/mol. The zero-order chi connectivity index (χ0) is 32.3. The first-order valence-electron chi connectivity index (χ1n) is 16.3. The Morgan fingerprint density at radius 1 is 0.651 bits per heavy atom. The maximum Gasteiger partial charge on any atom is 0.306 e. The summed E-state index contributed by atoms with van der Waals surface area (Å²) in [6.07, 6.45) is 12.3. The predicted octanol–water partition coefficient (Wildman–Crippen LogP) is 6.59. The van der Waals surface area contributed by atoms with E-state index in [1.165, 1.54) is 72.1 Å². The summed E-state index contributed by atoms with van der Waals surface area (Å²) in [5, 5.41) is 0. The van der Waals surface area contributed by atoms with Crippen molar-refractivity contribution in [1.29, 1.82) is 0 Å². The van der Waals surface area contributed by atoms with Gasteiger partial charge in [0, 0.05) is 39.7 Å². The van der Waals surface area contributed by atoms with Crippen molar-refractivity contribution in [3.8, 4) is 0 Å². The molecule has 5 atom stereocenters. The minimum Gasteiger partial charge on any atom is -0.463 e. The molecule has 1 heterocycles. The van der Waals surface area contributed by atoms with E-state index < -0.39 is 48.1 Å². The fraction of sp³-hybridized carbons (Fsp3) is 0.879. The number of unbranched alkanes of at least 4 members (excludes halogenated alkanes) is 12. The largest absolute Gasteiger partial charge is 0.463 e. The molecule has 0 aromatic heterocycles. The quantitative estimate of drug-likeness (QED) is 0.0794. The van der Waals surface area contributed by atoms with Gasteiger partial charge < -0.3 is 28.4 Å². The van der Waals surface area contributed by atoms with Gasteiger partial charge in [-0.2, -0.15) is 0 Å². The van der Waals surface area contributed by atoms with Gasteiger partial charge in [-0.25, -0.2) is 0 Å². The fourth-order valence-electron chi connectivity index (χ4n) is 5.17. The normalized spacial score (nSPS) is 22.1. The van der Waals surface area contributed by atoms with Crippen LogP contribution >= 0.6 is 0 Å². The van der Waals surface area contributed by atoms with E-state index in [4.69, 9.17) is 28.4 Å². The van der Waals surface area contributed by atoms with Crippen molar-refractivity contribution in [3.05, 3.63) is 0 Å². The van der Waals surface area contributed by atoms with Gasteiger partial charge in [-0.15, -0.1) is 0 Å². The molecule has 43 heavy (non-hydrogen) atoms. The summed E-state index contributed by atoms with van der Waals surface area (Å²) in [4.78, 5) is 46.6. The Bertz CT molecular complexity index is 821. The topological polar surface area (TPSA) is 124 Å². The van der Waals surface area contributed by atoms with Crippen LogP contribution in [0.25, 0.3) is 0 Å². The molecule has 0 unspecified atom stereocenters. The second kappa shape index (κ2) is 21.5. The minimum absolute atomic E-state index is 0.0934. The van der Waals surface area contributed by atoms with Crippen LogP contribution in [-0.2, 0) is 47.6 Å².